The lowest BCUT2D eigenvalue weighted by atomic mass is 9.71. The van der Waals surface area contributed by atoms with Crippen LogP contribution in [0.3, 0.4) is 0 Å². The average molecular weight is 626 g/mol. The Hall–Kier alpha value is -1.81. The summed E-state index contributed by atoms with van der Waals surface area (Å²) >= 11 is 11.9. The molecule has 0 aliphatic carbocycles. The van der Waals surface area contributed by atoms with Gasteiger partial charge in [-0.1, -0.05) is 51.8 Å². The molecule has 10 heteroatoms. The van der Waals surface area contributed by atoms with Gasteiger partial charge in [-0.3, -0.25) is 14.4 Å². The second-order valence-electron chi connectivity index (χ2n) is 10.2. The van der Waals surface area contributed by atoms with Crippen molar-refractivity contribution in [2.24, 2.45) is 11.8 Å². The number of alkyl halides is 1. The fraction of sp³-hybridized carbons (Fsp3) is 0.536. The summed E-state index contributed by atoms with van der Waals surface area (Å²) in [6.45, 7) is 11.3. The van der Waals surface area contributed by atoms with Crippen LogP contribution in [0.2, 0.25) is 5.02 Å². The number of hydrogen-bond donors (Lipinski definition) is 1. The molecule has 0 saturated carbocycles. The summed E-state index contributed by atoms with van der Waals surface area (Å²) in [6.07, 6.45) is 5.31. The molecular weight excluding hydrogens is 592 g/mol. The van der Waals surface area contributed by atoms with E-state index in [2.05, 4.69) is 29.1 Å². The molecule has 3 heterocycles. The molecule has 4 rings (SSSR count). The second-order valence-corrected chi connectivity index (χ2v) is 13.3. The first-order chi connectivity index (χ1) is 18.1. The third-order valence-corrected chi connectivity index (χ3v) is 11.3. The number of unbranched alkanes of at least 4 members (excludes halogenated alkanes) is 1. The van der Waals surface area contributed by atoms with Gasteiger partial charge in [0.2, 0.25) is 5.91 Å². The first-order valence-electron chi connectivity index (χ1n) is 12.8. The Morgan fingerprint density at radius 1 is 1.39 bits per heavy atom. The number of carbonyl (C=O) groups is 3. The number of carbonyl (C=O) groups excluding carboxylic acids is 3. The number of amides is 2. The Morgan fingerprint density at radius 3 is 2.76 bits per heavy atom. The van der Waals surface area contributed by atoms with Crippen LogP contribution < -0.4 is 4.90 Å². The van der Waals surface area contributed by atoms with E-state index >= 15 is 0 Å². The molecule has 1 N–H and O–H groups in total. The summed E-state index contributed by atoms with van der Waals surface area (Å²) < 4.78 is 4.77. The van der Waals surface area contributed by atoms with Crippen LogP contribution in [-0.2, 0) is 19.1 Å². The zero-order chi connectivity index (χ0) is 27.8. The lowest BCUT2D eigenvalue weighted by molar-refractivity contribution is -0.154. The summed E-state index contributed by atoms with van der Waals surface area (Å²) in [5, 5.41) is 10.3. The van der Waals surface area contributed by atoms with Crippen LogP contribution in [0.25, 0.3) is 0 Å². The number of esters is 1. The van der Waals surface area contributed by atoms with Gasteiger partial charge in [0, 0.05) is 16.6 Å². The molecule has 2 bridgehead atoms. The number of nitrogens with zero attached hydrogens (tertiary/aromatic N) is 2. The van der Waals surface area contributed by atoms with Gasteiger partial charge in [-0.2, -0.15) is 0 Å². The molecule has 7 nitrogen and oxygen atoms in total. The number of likely N-dealkylation sites (tertiary alicyclic amines) is 1. The highest BCUT2D eigenvalue weighted by molar-refractivity contribution is 9.09. The van der Waals surface area contributed by atoms with Gasteiger partial charge < -0.3 is 19.6 Å². The SMILES string of the molecule is C=CCCCOC(=O)[C@H]1[C@H]2C(=O)N([C@H](C)CO)C(C(=O)N(CC=C)c3c(C)cccc3Cl)C23CC(Br)[C@@H]1S3. The Morgan fingerprint density at radius 2 is 2.13 bits per heavy atom. The molecule has 38 heavy (non-hydrogen) atoms. The topological polar surface area (TPSA) is 87.1 Å². The number of aliphatic hydroxyl groups excluding tert-OH is 1. The second kappa shape index (κ2) is 11.7. The maximum Gasteiger partial charge on any atom is 0.310 e. The summed E-state index contributed by atoms with van der Waals surface area (Å²) in [6, 6.07) is 3.91. The van der Waals surface area contributed by atoms with Crippen molar-refractivity contribution < 1.29 is 24.2 Å². The minimum Gasteiger partial charge on any atom is -0.465 e. The van der Waals surface area contributed by atoms with Crippen molar-refractivity contribution in [3.05, 3.63) is 54.1 Å². The maximum atomic E-state index is 14.6. The molecule has 3 aliphatic heterocycles. The van der Waals surface area contributed by atoms with Crippen molar-refractivity contribution in [1.82, 2.24) is 4.90 Å². The minimum atomic E-state index is -0.897. The highest BCUT2D eigenvalue weighted by Gasteiger charge is 2.76. The van der Waals surface area contributed by atoms with Gasteiger partial charge in [-0.05, 0) is 44.7 Å². The van der Waals surface area contributed by atoms with Crippen molar-refractivity contribution >= 4 is 62.8 Å². The summed E-state index contributed by atoms with van der Waals surface area (Å²) in [5.41, 5.74) is 1.38. The molecule has 2 amide bonds. The van der Waals surface area contributed by atoms with Crippen molar-refractivity contribution in [1.29, 1.82) is 0 Å². The van der Waals surface area contributed by atoms with E-state index in [4.69, 9.17) is 16.3 Å². The quantitative estimate of drug-likeness (QED) is 0.168. The van der Waals surface area contributed by atoms with Crippen molar-refractivity contribution in [3.8, 4) is 0 Å². The van der Waals surface area contributed by atoms with Crippen LogP contribution in [0.4, 0.5) is 5.69 Å². The molecule has 0 radical (unpaired) electrons. The number of ether oxygens (including phenoxy) is 1. The fourth-order valence-corrected chi connectivity index (χ4v) is 10.1. The lowest BCUT2D eigenvalue weighted by Crippen LogP contribution is -2.57. The van der Waals surface area contributed by atoms with Gasteiger partial charge in [0.15, 0.2) is 0 Å². The first-order valence-corrected chi connectivity index (χ1v) is 15.0. The average Bonchev–Trinajstić information content (AvgIpc) is 3.48. The maximum absolute atomic E-state index is 14.6. The minimum absolute atomic E-state index is 0.0724. The molecule has 1 aromatic rings. The summed E-state index contributed by atoms with van der Waals surface area (Å²) in [5.74, 6) is -2.41. The lowest BCUT2D eigenvalue weighted by Gasteiger charge is -2.39. The van der Waals surface area contributed by atoms with Gasteiger partial charge in [-0.15, -0.1) is 24.9 Å². The van der Waals surface area contributed by atoms with Crippen molar-refractivity contribution in [2.45, 2.75) is 60.0 Å². The van der Waals surface area contributed by atoms with E-state index in [9.17, 15) is 19.5 Å². The highest BCUT2D eigenvalue weighted by Crippen LogP contribution is 2.68. The molecule has 3 saturated heterocycles. The predicted molar refractivity (Wildman–Crippen MR) is 155 cm³/mol. The Balaban J connectivity index is 1.78. The van der Waals surface area contributed by atoms with Gasteiger partial charge in [0.05, 0.1) is 46.5 Å². The highest BCUT2D eigenvalue weighted by atomic mass is 79.9. The number of anilines is 1. The van der Waals surface area contributed by atoms with Gasteiger partial charge in [-0.25, -0.2) is 0 Å². The van der Waals surface area contributed by atoms with Crippen LogP contribution in [0.15, 0.2) is 43.5 Å². The molecule has 3 unspecified atom stereocenters. The standard InChI is InChI=1S/C28H34BrClN2O5S/c1-5-7-8-13-37-27(36)20-21-25(34)32(17(4)15-33)24(28(21)14-18(29)23(20)38-28)26(35)31(12-6-2)22-16(3)10-9-11-19(22)30/h5-6,9-11,17-18,20-21,23-24,33H,1-2,7-8,12-15H2,3-4H3/t17-,18?,20+,21+,23+,24?,28?/m1/s1. The summed E-state index contributed by atoms with van der Waals surface area (Å²) in [4.78, 5) is 45.0. The van der Waals surface area contributed by atoms with Crippen molar-refractivity contribution in [2.75, 3.05) is 24.7 Å². The van der Waals surface area contributed by atoms with Crippen molar-refractivity contribution in [3.63, 3.8) is 0 Å². The molecule has 0 aromatic heterocycles. The monoisotopic (exact) mass is 624 g/mol. The summed E-state index contributed by atoms with van der Waals surface area (Å²) in [7, 11) is 0. The largest absolute Gasteiger partial charge is 0.465 e. The van der Waals surface area contributed by atoms with Gasteiger partial charge in [0.25, 0.3) is 5.91 Å². The number of benzene rings is 1. The van der Waals surface area contributed by atoms with E-state index in [0.29, 0.717) is 23.6 Å². The Kier molecular flexibility index (Phi) is 9.02. The van der Waals surface area contributed by atoms with Crippen LogP contribution >= 0.6 is 39.3 Å². The number of fused-ring (bicyclic) bond motifs is 1. The predicted octanol–water partition coefficient (Wildman–Crippen LogP) is 4.52. The van der Waals surface area contributed by atoms with Crippen LogP contribution in [0.1, 0.15) is 31.7 Å². The van der Waals surface area contributed by atoms with Crippen LogP contribution in [0, 0.1) is 18.8 Å². The molecule has 3 aliphatic rings. The molecule has 1 spiro atoms. The van der Waals surface area contributed by atoms with Gasteiger partial charge >= 0.3 is 5.97 Å². The third-order valence-electron chi connectivity index (χ3n) is 7.81. The zero-order valence-electron chi connectivity index (χ0n) is 21.6. The Labute approximate surface area is 241 Å². The van der Waals surface area contributed by atoms with Gasteiger partial charge in [0.1, 0.15) is 6.04 Å². The molecule has 7 atom stereocenters. The van der Waals surface area contributed by atoms with Crippen LogP contribution in [-0.4, -0.2) is 74.5 Å². The molecule has 1 aromatic carbocycles. The van der Waals surface area contributed by atoms with E-state index in [-0.39, 0.29) is 41.6 Å². The number of aryl methyl sites for hydroxylation is 1. The fourth-order valence-electron chi connectivity index (χ4n) is 6.21. The number of para-hydroxylation sites is 1. The van der Waals surface area contributed by atoms with E-state index in [1.165, 1.54) is 16.7 Å². The van der Waals surface area contributed by atoms with E-state index in [1.807, 2.05) is 19.1 Å². The number of thioether (sulfide) groups is 1. The first kappa shape index (κ1) is 29.2. The number of halogens is 2. The van der Waals surface area contributed by atoms with E-state index in [1.54, 1.807) is 30.0 Å². The molecule has 3 fully saturated rings. The molecule has 206 valence electrons. The van der Waals surface area contributed by atoms with Crippen LogP contribution in [0.5, 0.6) is 0 Å². The molecular formula is C28H34BrClN2O5S. The third kappa shape index (κ3) is 4.73. The number of aliphatic hydroxyl groups is 1. The zero-order valence-corrected chi connectivity index (χ0v) is 24.8. The number of rotatable bonds is 11. The smallest absolute Gasteiger partial charge is 0.310 e. The van der Waals surface area contributed by atoms with E-state index < -0.39 is 34.6 Å². The Bertz CT molecular complexity index is 1110. The number of hydrogen-bond acceptors (Lipinski definition) is 6. The van der Waals surface area contributed by atoms with E-state index in [0.717, 1.165) is 12.0 Å². The normalized spacial score (nSPS) is 30.2. The number of allylic oxidation sites excluding steroid dienone is 1.